The number of methoxy groups -OCH3 is 1. The average Bonchev–Trinajstić information content (AvgIpc) is 2.70. The van der Waals surface area contributed by atoms with Crippen LogP contribution in [0.2, 0.25) is 0 Å². The fourth-order valence-corrected chi connectivity index (χ4v) is 3.32. The summed E-state index contributed by atoms with van der Waals surface area (Å²) in [6, 6.07) is 6.41. The van der Waals surface area contributed by atoms with Gasteiger partial charge in [0.05, 0.1) is 23.5 Å². The minimum Gasteiger partial charge on any atom is -0.497 e. The SMILES string of the molecule is COc1cccc(S(=O)(=O)Cc2c(C)noc2C)c1. The van der Waals surface area contributed by atoms with Crippen LogP contribution in [0, 0.1) is 13.8 Å². The number of nitrogens with zero attached hydrogens (tertiary/aromatic N) is 1. The van der Waals surface area contributed by atoms with E-state index in [2.05, 4.69) is 5.16 Å². The number of hydrogen-bond donors (Lipinski definition) is 0. The maximum atomic E-state index is 12.3. The zero-order valence-electron chi connectivity index (χ0n) is 11.0. The molecule has 5 nitrogen and oxygen atoms in total. The molecule has 0 spiro atoms. The summed E-state index contributed by atoms with van der Waals surface area (Å²) < 4.78 is 34.7. The zero-order valence-corrected chi connectivity index (χ0v) is 11.8. The molecule has 0 saturated carbocycles. The second-order valence-electron chi connectivity index (χ2n) is 4.24. The van der Waals surface area contributed by atoms with Gasteiger partial charge >= 0.3 is 0 Å². The summed E-state index contributed by atoms with van der Waals surface area (Å²) in [5, 5.41) is 3.76. The molecule has 1 aromatic carbocycles. The predicted molar refractivity (Wildman–Crippen MR) is 69.9 cm³/mol. The molecular weight excluding hydrogens is 266 g/mol. The van der Waals surface area contributed by atoms with Crippen molar-refractivity contribution in [2.24, 2.45) is 0 Å². The summed E-state index contributed by atoms with van der Waals surface area (Å²) in [4.78, 5) is 0.229. The van der Waals surface area contributed by atoms with E-state index in [1.807, 2.05) is 0 Å². The van der Waals surface area contributed by atoms with Crippen molar-refractivity contribution in [3.05, 3.63) is 41.3 Å². The van der Waals surface area contributed by atoms with E-state index in [0.29, 0.717) is 22.8 Å². The molecule has 0 saturated heterocycles. The summed E-state index contributed by atoms with van der Waals surface area (Å²) in [6.45, 7) is 3.43. The molecule has 2 rings (SSSR count). The molecular formula is C13H15NO4S. The van der Waals surface area contributed by atoms with Crippen LogP contribution in [0.3, 0.4) is 0 Å². The average molecular weight is 281 g/mol. The highest BCUT2D eigenvalue weighted by Gasteiger charge is 2.21. The third-order valence-electron chi connectivity index (χ3n) is 2.92. The summed E-state index contributed by atoms with van der Waals surface area (Å²) in [5.74, 6) is 0.922. The standard InChI is InChI=1S/C13H15NO4S/c1-9-13(10(2)18-14-9)8-19(15,16)12-6-4-5-11(7-12)17-3/h4-7H,8H2,1-3H3. The molecule has 0 fully saturated rings. The van der Waals surface area contributed by atoms with Crippen LogP contribution in [0.1, 0.15) is 17.0 Å². The molecule has 0 N–H and O–H groups in total. The fraction of sp³-hybridized carbons (Fsp3) is 0.308. The highest BCUT2D eigenvalue weighted by Crippen LogP contribution is 2.23. The van der Waals surface area contributed by atoms with E-state index in [-0.39, 0.29) is 10.6 Å². The molecule has 6 heteroatoms. The number of aryl methyl sites for hydroxylation is 2. The first-order valence-corrected chi connectivity index (χ1v) is 7.38. The molecule has 0 atom stereocenters. The molecule has 0 aliphatic carbocycles. The number of aromatic nitrogens is 1. The van der Waals surface area contributed by atoms with E-state index < -0.39 is 9.84 Å². The van der Waals surface area contributed by atoms with Gasteiger partial charge in [0.25, 0.3) is 0 Å². The van der Waals surface area contributed by atoms with E-state index in [0.717, 1.165) is 0 Å². The van der Waals surface area contributed by atoms with Gasteiger partial charge in [0.15, 0.2) is 9.84 Å². The monoisotopic (exact) mass is 281 g/mol. The predicted octanol–water partition coefficient (Wildman–Crippen LogP) is 2.27. The van der Waals surface area contributed by atoms with E-state index in [4.69, 9.17) is 9.26 Å². The molecule has 2 aromatic rings. The lowest BCUT2D eigenvalue weighted by Crippen LogP contribution is -2.06. The lowest BCUT2D eigenvalue weighted by molar-refractivity contribution is 0.392. The third-order valence-corrected chi connectivity index (χ3v) is 4.56. The molecule has 0 bridgehead atoms. The van der Waals surface area contributed by atoms with Crippen LogP contribution < -0.4 is 4.74 Å². The Bertz CT molecular complexity index is 669. The molecule has 0 amide bonds. The van der Waals surface area contributed by atoms with Crippen LogP contribution in [0.4, 0.5) is 0 Å². The Balaban J connectivity index is 2.38. The Morgan fingerprint density at radius 1 is 1.32 bits per heavy atom. The number of hydrogen-bond acceptors (Lipinski definition) is 5. The minimum atomic E-state index is -3.44. The third kappa shape index (κ3) is 2.78. The zero-order chi connectivity index (χ0) is 14.0. The Hall–Kier alpha value is -1.82. The lowest BCUT2D eigenvalue weighted by atomic mass is 10.2. The van der Waals surface area contributed by atoms with Crippen LogP contribution in [0.15, 0.2) is 33.7 Å². The van der Waals surface area contributed by atoms with Crippen LogP contribution in [-0.2, 0) is 15.6 Å². The fourth-order valence-electron chi connectivity index (χ4n) is 1.78. The van der Waals surface area contributed by atoms with Gasteiger partial charge in [-0.1, -0.05) is 11.2 Å². The van der Waals surface area contributed by atoms with Crippen LogP contribution in [-0.4, -0.2) is 20.7 Å². The highest BCUT2D eigenvalue weighted by atomic mass is 32.2. The van der Waals surface area contributed by atoms with Crippen LogP contribution >= 0.6 is 0 Å². The molecule has 0 aliphatic heterocycles. The number of sulfone groups is 1. The lowest BCUT2D eigenvalue weighted by Gasteiger charge is -2.06. The van der Waals surface area contributed by atoms with E-state index in [9.17, 15) is 8.42 Å². The highest BCUT2D eigenvalue weighted by molar-refractivity contribution is 7.90. The Kier molecular flexibility index (Phi) is 3.61. The molecule has 19 heavy (non-hydrogen) atoms. The summed E-state index contributed by atoms with van der Waals surface area (Å²) in [5.41, 5.74) is 1.21. The number of rotatable bonds is 4. The van der Waals surface area contributed by atoms with Gasteiger partial charge in [-0.3, -0.25) is 0 Å². The second kappa shape index (κ2) is 5.05. The number of ether oxygens (including phenoxy) is 1. The molecule has 0 radical (unpaired) electrons. The topological polar surface area (TPSA) is 69.4 Å². The van der Waals surface area contributed by atoms with E-state index >= 15 is 0 Å². The van der Waals surface area contributed by atoms with E-state index in [1.165, 1.54) is 13.2 Å². The van der Waals surface area contributed by atoms with Crippen molar-refractivity contribution < 1.29 is 17.7 Å². The maximum Gasteiger partial charge on any atom is 0.182 e. The Morgan fingerprint density at radius 2 is 2.05 bits per heavy atom. The van der Waals surface area contributed by atoms with Crippen LogP contribution in [0.5, 0.6) is 5.75 Å². The first kappa shape index (κ1) is 13.6. The van der Waals surface area contributed by atoms with Gasteiger partial charge in [-0.05, 0) is 32.0 Å². The second-order valence-corrected chi connectivity index (χ2v) is 6.23. The molecule has 0 aliphatic rings. The normalized spacial score (nSPS) is 11.5. The van der Waals surface area contributed by atoms with Gasteiger partial charge in [0, 0.05) is 5.56 Å². The van der Waals surface area contributed by atoms with Crippen molar-refractivity contribution in [3.8, 4) is 5.75 Å². The first-order valence-electron chi connectivity index (χ1n) is 5.72. The van der Waals surface area contributed by atoms with Gasteiger partial charge in [0.1, 0.15) is 11.5 Å². The number of benzene rings is 1. The summed E-state index contributed by atoms with van der Waals surface area (Å²) in [6.07, 6.45) is 0. The summed E-state index contributed by atoms with van der Waals surface area (Å²) >= 11 is 0. The van der Waals surface area contributed by atoms with Crippen molar-refractivity contribution in [1.29, 1.82) is 0 Å². The van der Waals surface area contributed by atoms with Gasteiger partial charge in [-0.25, -0.2) is 8.42 Å². The Morgan fingerprint density at radius 3 is 2.63 bits per heavy atom. The largest absolute Gasteiger partial charge is 0.497 e. The maximum absolute atomic E-state index is 12.3. The van der Waals surface area contributed by atoms with Crippen molar-refractivity contribution in [2.75, 3.05) is 7.11 Å². The van der Waals surface area contributed by atoms with Gasteiger partial charge in [-0.2, -0.15) is 0 Å². The molecule has 1 aromatic heterocycles. The van der Waals surface area contributed by atoms with Gasteiger partial charge < -0.3 is 9.26 Å². The van der Waals surface area contributed by atoms with Gasteiger partial charge in [0.2, 0.25) is 0 Å². The smallest absolute Gasteiger partial charge is 0.182 e. The van der Waals surface area contributed by atoms with Crippen molar-refractivity contribution in [2.45, 2.75) is 24.5 Å². The summed E-state index contributed by atoms with van der Waals surface area (Å²) in [7, 11) is -1.94. The minimum absolute atomic E-state index is 0.124. The van der Waals surface area contributed by atoms with Crippen molar-refractivity contribution in [1.82, 2.24) is 5.16 Å². The Labute approximate surface area is 112 Å². The molecule has 1 heterocycles. The van der Waals surface area contributed by atoms with Crippen LogP contribution in [0.25, 0.3) is 0 Å². The van der Waals surface area contributed by atoms with Crippen molar-refractivity contribution >= 4 is 9.84 Å². The molecule has 0 unspecified atom stereocenters. The van der Waals surface area contributed by atoms with Crippen molar-refractivity contribution in [3.63, 3.8) is 0 Å². The van der Waals surface area contributed by atoms with Gasteiger partial charge in [-0.15, -0.1) is 0 Å². The quantitative estimate of drug-likeness (QED) is 0.860. The first-order chi connectivity index (χ1) is 8.94. The van der Waals surface area contributed by atoms with E-state index in [1.54, 1.807) is 32.0 Å². The molecule has 102 valence electrons.